The molecule has 0 atom stereocenters. The summed E-state index contributed by atoms with van der Waals surface area (Å²) < 4.78 is 1.83. The molecule has 2 N–H and O–H groups in total. The third-order valence-electron chi connectivity index (χ3n) is 2.73. The highest BCUT2D eigenvalue weighted by atomic mass is 15.3. The smallest absolute Gasteiger partial charge is 0.112 e. The quantitative estimate of drug-likeness (QED) is 0.743. The molecule has 3 rings (SSSR count). The Morgan fingerprint density at radius 1 is 0.889 bits per heavy atom. The second-order valence-electron chi connectivity index (χ2n) is 3.91. The molecule has 0 saturated heterocycles. The molecule has 4 nitrogen and oxygen atoms in total. The Hall–Kier alpha value is -2.62. The summed E-state index contributed by atoms with van der Waals surface area (Å²) in [5.74, 6) is 0. The summed E-state index contributed by atoms with van der Waals surface area (Å²) in [6.07, 6.45) is 3.48. The van der Waals surface area contributed by atoms with Gasteiger partial charge >= 0.3 is 0 Å². The van der Waals surface area contributed by atoms with Crippen LogP contribution in [0, 0.1) is 0 Å². The van der Waals surface area contributed by atoms with Gasteiger partial charge in [0.05, 0.1) is 23.3 Å². The van der Waals surface area contributed by atoms with Gasteiger partial charge in [-0.1, -0.05) is 18.2 Å². The van der Waals surface area contributed by atoms with Gasteiger partial charge in [0, 0.05) is 6.20 Å². The van der Waals surface area contributed by atoms with Crippen molar-refractivity contribution in [1.82, 2.24) is 14.8 Å². The van der Waals surface area contributed by atoms with Gasteiger partial charge in [0.15, 0.2) is 0 Å². The van der Waals surface area contributed by atoms with Crippen molar-refractivity contribution in [1.29, 1.82) is 0 Å². The molecule has 0 radical (unpaired) electrons. The largest absolute Gasteiger partial charge is 0.397 e. The number of benzene rings is 1. The predicted octanol–water partition coefficient (Wildman–Crippen LogP) is 2.52. The van der Waals surface area contributed by atoms with Gasteiger partial charge in [-0.3, -0.25) is 4.98 Å². The summed E-state index contributed by atoms with van der Waals surface area (Å²) in [6.45, 7) is 0. The first kappa shape index (κ1) is 10.5. The van der Waals surface area contributed by atoms with Crippen molar-refractivity contribution >= 4 is 5.69 Å². The molecule has 2 heterocycles. The van der Waals surface area contributed by atoms with Crippen LogP contribution in [0.5, 0.6) is 0 Å². The van der Waals surface area contributed by atoms with Crippen LogP contribution in [0.3, 0.4) is 0 Å². The van der Waals surface area contributed by atoms with E-state index >= 15 is 0 Å². The fourth-order valence-electron chi connectivity index (χ4n) is 1.89. The van der Waals surface area contributed by atoms with Gasteiger partial charge in [0.1, 0.15) is 5.69 Å². The van der Waals surface area contributed by atoms with E-state index in [-0.39, 0.29) is 0 Å². The summed E-state index contributed by atoms with van der Waals surface area (Å²) in [6, 6.07) is 15.5. The minimum atomic E-state index is 0.648. The molecule has 3 aromatic rings. The van der Waals surface area contributed by atoms with Gasteiger partial charge in [0.25, 0.3) is 0 Å². The fourth-order valence-corrected chi connectivity index (χ4v) is 1.89. The monoisotopic (exact) mass is 236 g/mol. The number of nitrogen functional groups attached to an aromatic ring is 1. The zero-order valence-electron chi connectivity index (χ0n) is 9.69. The Labute approximate surface area is 105 Å². The number of rotatable bonds is 2. The van der Waals surface area contributed by atoms with Gasteiger partial charge in [-0.15, -0.1) is 0 Å². The Kier molecular flexibility index (Phi) is 2.53. The molecular formula is C14H12N4. The van der Waals surface area contributed by atoms with Crippen molar-refractivity contribution in [3.8, 4) is 17.1 Å². The van der Waals surface area contributed by atoms with Crippen LogP contribution in [-0.4, -0.2) is 14.8 Å². The minimum Gasteiger partial charge on any atom is -0.397 e. The van der Waals surface area contributed by atoms with E-state index in [1.807, 2.05) is 53.2 Å². The molecule has 0 saturated carbocycles. The molecule has 18 heavy (non-hydrogen) atoms. The van der Waals surface area contributed by atoms with Crippen molar-refractivity contribution in [3.05, 3.63) is 60.9 Å². The molecule has 2 aromatic heterocycles. The lowest BCUT2D eigenvalue weighted by atomic mass is 10.2. The molecule has 0 fully saturated rings. The topological polar surface area (TPSA) is 56.7 Å². The van der Waals surface area contributed by atoms with Crippen molar-refractivity contribution < 1.29 is 0 Å². The lowest BCUT2D eigenvalue weighted by molar-refractivity contribution is 0.884. The van der Waals surface area contributed by atoms with Crippen LogP contribution in [-0.2, 0) is 0 Å². The first-order valence-corrected chi connectivity index (χ1v) is 5.66. The normalized spacial score (nSPS) is 10.4. The van der Waals surface area contributed by atoms with E-state index < -0.39 is 0 Å². The predicted molar refractivity (Wildman–Crippen MR) is 71.2 cm³/mol. The van der Waals surface area contributed by atoms with E-state index in [1.54, 1.807) is 12.4 Å². The Balaban J connectivity index is 2.16. The molecule has 0 spiro atoms. The lowest BCUT2D eigenvalue weighted by Crippen LogP contribution is -2.01. The van der Waals surface area contributed by atoms with Crippen molar-refractivity contribution in [2.24, 2.45) is 0 Å². The highest BCUT2D eigenvalue weighted by molar-refractivity contribution is 5.70. The van der Waals surface area contributed by atoms with Crippen molar-refractivity contribution in [3.63, 3.8) is 0 Å². The van der Waals surface area contributed by atoms with Gasteiger partial charge in [-0.05, 0) is 30.3 Å². The van der Waals surface area contributed by atoms with Gasteiger partial charge in [-0.2, -0.15) is 5.10 Å². The summed E-state index contributed by atoms with van der Waals surface area (Å²) >= 11 is 0. The van der Waals surface area contributed by atoms with E-state index in [0.717, 1.165) is 17.1 Å². The molecule has 4 heteroatoms. The van der Waals surface area contributed by atoms with Gasteiger partial charge < -0.3 is 5.73 Å². The number of nitrogens with zero attached hydrogens (tertiary/aromatic N) is 3. The standard InChI is InChI=1S/C14H12N4/c15-12-7-4-9-16-14(12)13-8-10-17-18(13)11-5-2-1-3-6-11/h1-10H,15H2. The van der Waals surface area contributed by atoms with E-state index in [0.29, 0.717) is 5.69 Å². The maximum Gasteiger partial charge on any atom is 0.112 e. The van der Waals surface area contributed by atoms with Crippen molar-refractivity contribution in [2.75, 3.05) is 5.73 Å². The van der Waals surface area contributed by atoms with Gasteiger partial charge in [-0.25, -0.2) is 4.68 Å². The molecule has 0 unspecified atom stereocenters. The Morgan fingerprint density at radius 2 is 1.72 bits per heavy atom. The van der Waals surface area contributed by atoms with E-state index in [2.05, 4.69) is 10.1 Å². The lowest BCUT2D eigenvalue weighted by Gasteiger charge is -2.08. The number of hydrogen-bond acceptors (Lipinski definition) is 3. The Morgan fingerprint density at radius 3 is 2.50 bits per heavy atom. The summed E-state index contributed by atoms with van der Waals surface area (Å²) in [4.78, 5) is 4.32. The number of para-hydroxylation sites is 1. The third kappa shape index (κ3) is 1.73. The van der Waals surface area contributed by atoms with E-state index in [1.165, 1.54) is 0 Å². The van der Waals surface area contributed by atoms with Crippen LogP contribution in [0.15, 0.2) is 60.9 Å². The van der Waals surface area contributed by atoms with E-state index in [4.69, 9.17) is 5.73 Å². The summed E-state index contributed by atoms with van der Waals surface area (Å²) in [5, 5.41) is 4.33. The van der Waals surface area contributed by atoms with E-state index in [9.17, 15) is 0 Å². The molecule has 0 aliphatic rings. The molecule has 0 aliphatic carbocycles. The third-order valence-corrected chi connectivity index (χ3v) is 2.73. The summed E-state index contributed by atoms with van der Waals surface area (Å²) in [7, 11) is 0. The molecule has 0 amide bonds. The highest BCUT2D eigenvalue weighted by Gasteiger charge is 2.10. The number of aromatic nitrogens is 3. The zero-order chi connectivity index (χ0) is 12.4. The van der Waals surface area contributed by atoms with Gasteiger partial charge in [0.2, 0.25) is 0 Å². The highest BCUT2D eigenvalue weighted by Crippen LogP contribution is 2.24. The molecule has 88 valence electrons. The maximum atomic E-state index is 5.96. The number of pyridine rings is 1. The average molecular weight is 236 g/mol. The second-order valence-corrected chi connectivity index (χ2v) is 3.91. The first-order valence-electron chi connectivity index (χ1n) is 5.66. The number of hydrogen-bond donors (Lipinski definition) is 1. The zero-order valence-corrected chi connectivity index (χ0v) is 9.69. The van der Waals surface area contributed by atoms with Crippen LogP contribution in [0.25, 0.3) is 17.1 Å². The summed E-state index contributed by atoms with van der Waals surface area (Å²) in [5.41, 5.74) is 9.23. The van der Waals surface area contributed by atoms with Crippen molar-refractivity contribution in [2.45, 2.75) is 0 Å². The van der Waals surface area contributed by atoms with Crippen LogP contribution >= 0.6 is 0 Å². The molecule has 1 aromatic carbocycles. The fraction of sp³-hybridized carbons (Fsp3) is 0. The SMILES string of the molecule is Nc1cccnc1-c1ccnn1-c1ccccc1. The minimum absolute atomic E-state index is 0.648. The number of nitrogens with two attached hydrogens (primary N) is 1. The van der Waals surface area contributed by atoms with Crippen LogP contribution in [0.4, 0.5) is 5.69 Å². The van der Waals surface area contributed by atoms with Crippen LogP contribution in [0.1, 0.15) is 0 Å². The van der Waals surface area contributed by atoms with Crippen LogP contribution < -0.4 is 5.73 Å². The first-order chi connectivity index (χ1) is 8.86. The molecule has 0 bridgehead atoms. The maximum absolute atomic E-state index is 5.96. The second kappa shape index (κ2) is 4.33. The number of anilines is 1. The van der Waals surface area contributed by atoms with Crippen LogP contribution in [0.2, 0.25) is 0 Å². The average Bonchev–Trinajstić information content (AvgIpc) is 2.89. The molecular weight excluding hydrogens is 224 g/mol. The molecule has 0 aliphatic heterocycles. The Bertz CT molecular complexity index is 658.